The summed E-state index contributed by atoms with van der Waals surface area (Å²) in [5.41, 5.74) is 4.80. The van der Waals surface area contributed by atoms with Crippen molar-refractivity contribution >= 4 is 35.2 Å². The standard InChI is InChI=1S/C19H18ClN3O2/c1-14(16-8-10-17(20)11-9-16)22-23-19(25)13-21-18(24)12-7-15-5-3-2-4-6-15/h2-12H,13H2,1H3,(H,21,24)(H,23,25)/b12-7+,22-14-. The third-order valence-corrected chi connectivity index (χ3v) is 3.51. The number of halogens is 1. The Labute approximate surface area is 151 Å². The topological polar surface area (TPSA) is 70.6 Å². The van der Waals surface area contributed by atoms with Crippen molar-refractivity contribution in [3.05, 3.63) is 76.8 Å². The van der Waals surface area contributed by atoms with Crippen LogP contribution in [0.3, 0.4) is 0 Å². The normalized spacial score (nSPS) is 11.4. The highest BCUT2D eigenvalue weighted by atomic mass is 35.5. The number of benzene rings is 2. The van der Waals surface area contributed by atoms with Crippen LogP contribution in [0.5, 0.6) is 0 Å². The van der Waals surface area contributed by atoms with E-state index < -0.39 is 5.91 Å². The minimum absolute atomic E-state index is 0.157. The molecule has 2 aromatic carbocycles. The van der Waals surface area contributed by atoms with E-state index in [1.54, 1.807) is 25.1 Å². The van der Waals surface area contributed by atoms with Crippen LogP contribution in [0.15, 0.2) is 65.8 Å². The van der Waals surface area contributed by atoms with Crippen LogP contribution >= 0.6 is 11.6 Å². The minimum Gasteiger partial charge on any atom is -0.343 e. The molecule has 0 aliphatic carbocycles. The number of nitrogens with zero attached hydrogens (tertiary/aromatic N) is 1. The van der Waals surface area contributed by atoms with Crippen molar-refractivity contribution in [1.29, 1.82) is 0 Å². The summed E-state index contributed by atoms with van der Waals surface area (Å²) >= 11 is 5.82. The molecule has 0 spiro atoms. The summed E-state index contributed by atoms with van der Waals surface area (Å²) in [5, 5.41) is 7.13. The highest BCUT2D eigenvalue weighted by Crippen LogP contribution is 2.10. The zero-order valence-corrected chi connectivity index (χ0v) is 14.5. The lowest BCUT2D eigenvalue weighted by atomic mass is 10.1. The predicted molar refractivity (Wildman–Crippen MR) is 100 cm³/mol. The number of hydrogen-bond acceptors (Lipinski definition) is 3. The maximum atomic E-state index is 11.7. The molecule has 0 radical (unpaired) electrons. The fourth-order valence-electron chi connectivity index (χ4n) is 1.90. The Morgan fingerprint density at radius 3 is 2.44 bits per heavy atom. The number of nitrogens with one attached hydrogen (secondary N) is 2. The Kier molecular flexibility index (Phi) is 6.92. The van der Waals surface area contributed by atoms with Gasteiger partial charge in [-0.05, 0) is 36.3 Å². The first-order valence-electron chi connectivity index (χ1n) is 7.64. The third kappa shape index (κ3) is 6.61. The summed E-state index contributed by atoms with van der Waals surface area (Å²) in [5.74, 6) is -0.757. The Hall–Kier alpha value is -2.92. The van der Waals surface area contributed by atoms with Crippen molar-refractivity contribution in [3.63, 3.8) is 0 Å². The van der Waals surface area contributed by atoms with Gasteiger partial charge >= 0.3 is 0 Å². The van der Waals surface area contributed by atoms with Gasteiger partial charge in [0.15, 0.2) is 0 Å². The average Bonchev–Trinajstić information content (AvgIpc) is 2.64. The lowest BCUT2D eigenvalue weighted by molar-refractivity contribution is -0.123. The number of carbonyl (C=O) groups excluding carboxylic acids is 2. The van der Waals surface area contributed by atoms with Crippen molar-refractivity contribution in [2.75, 3.05) is 6.54 Å². The Morgan fingerprint density at radius 1 is 1.08 bits per heavy atom. The Morgan fingerprint density at radius 2 is 1.76 bits per heavy atom. The van der Waals surface area contributed by atoms with Crippen LogP contribution < -0.4 is 10.7 Å². The van der Waals surface area contributed by atoms with Gasteiger partial charge in [-0.3, -0.25) is 9.59 Å². The number of hydrogen-bond donors (Lipinski definition) is 2. The molecule has 0 heterocycles. The molecule has 25 heavy (non-hydrogen) atoms. The molecule has 2 N–H and O–H groups in total. The van der Waals surface area contributed by atoms with Gasteiger partial charge in [0, 0.05) is 11.1 Å². The summed E-state index contributed by atoms with van der Waals surface area (Å²) in [6.45, 7) is 1.61. The van der Waals surface area contributed by atoms with Crippen molar-refractivity contribution in [2.45, 2.75) is 6.92 Å². The first-order chi connectivity index (χ1) is 12.0. The molecule has 0 saturated heterocycles. The lowest BCUT2D eigenvalue weighted by Gasteiger charge is -2.04. The van der Waals surface area contributed by atoms with Gasteiger partial charge in [0.05, 0.1) is 12.3 Å². The van der Waals surface area contributed by atoms with E-state index in [9.17, 15) is 9.59 Å². The zero-order valence-electron chi connectivity index (χ0n) is 13.7. The van der Waals surface area contributed by atoms with Gasteiger partial charge in [0.1, 0.15) is 0 Å². The van der Waals surface area contributed by atoms with Crippen molar-refractivity contribution in [3.8, 4) is 0 Å². The van der Waals surface area contributed by atoms with Crippen molar-refractivity contribution in [2.24, 2.45) is 5.10 Å². The molecule has 0 atom stereocenters. The van der Waals surface area contributed by atoms with Gasteiger partial charge in [-0.25, -0.2) is 5.43 Å². The van der Waals surface area contributed by atoms with Gasteiger partial charge in [-0.2, -0.15) is 5.10 Å². The van der Waals surface area contributed by atoms with Gasteiger partial charge in [0.2, 0.25) is 5.91 Å². The molecule has 2 aromatic rings. The molecule has 0 aliphatic rings. The average molecular weight is 356 g/mol. The van der Waals surface area contributed by atoms with Crippen LogP contribution in [0.25, 0.3) is 6.08 Å². The first kappa shape index (κ1) is 18.4. The largest absolute Gasteiger partial charge is 0.343 e. The van der Waals surface area contributed by atoms with Gasteiger partial charge in [-0.15, -0.1) is 0 Å². The van der Waals surface area contributed by atoms with Crippen molar-refractivity contribution in [1.82, 2.24) is 10.7 Å². The van der Waals surface area contributed by atoms with E-state index in [1.165, 1.54) is 6.08 Å². The van der Waals surface area contributed by atoms with Crippen molar-refractivity contribution < 1.29 is 9.59 Å². The van der Waals surface area contributed by atoms with Crippen LogP contribution in [0, 0.1) is 0 Å². The summed E-state index contributed by atoms with van der Waals surface area (Å²) in [6.07, 6.45) is 3.06. The van der Waals surface area contributed by atoms with E-state index in [2.05, 4.69) is 15.8 Å². The van der Waals surface area contributed by atoms with E-state index in [4.69, 9.17) is 11.6 Å². The highest BCUT2D eigenvalue weighted by Gasteiger charge is 2.03. The molecule has 0 fully saturated rings. The van der Waals surface area contributed by atoms with Gasteiger partial charge in [0.25, 0.3) is 5.91 Å². The molecule has 5 nitrogen and oxygen atoms in total. The minimum atomic E-state index is -0.408. The maximum Gasteiger partial charge on any atom is 0.259 e. The number of rotatable bonds is 6. The van der Waals surface area contributed by atoms with Crippen LogP contribution in [-0.4, -0.2) is 24.1 Å². The molecule has 2 amide bonds. The van der Waals surface area contributed by atoms with E-state index in [0.717, 1.165) is 11.1 Å². The van der Waals surface area contributed by atoms with Gasteiger partial charge in [-0.1, -0.05) is 54.1 Å². The summed E-state index contributed by atoms with van der Waals surface area (Å²) in [4.78, 5) is 23.4. The fourth-order valence-corrected chi connectivity index (χ4v) is 2.03. The smallest absolute Gasteiger partial charge is 0.259 e. The summed E-state index contributed by atoms with van der Waals surface area (Å²) in [6, 6.07) is 16.5. The van der Waals surface area contributed by atoms with Crippen LogP contribution in [-0.2, 0) is 9.59 Å². The molecular weight excluding hydrogens is 338 g/mol. The number of hydrazone groups is 1. The molecule has 0 aliphatic heterocycles. The molecule has 0 unspecified atom stereocenters. The Balaban J connectivity index is 1.78. The fraction of sp³-hybridized carbons (Fsp3) is 0.105. The van der Waals surface area contributed by atoms with Crippen LogP contribution in [0.4, 0.5) is 0 Å². The molecule has 6 heteroatoms. The molecule has 0 bridgehead atoms. The second-order valence-corrected chi connectivity index (χ2v) is 5.64. The summed E-state index contributed by atoms with van der Waals surface area (Å²) < 4.78 is 0. The van der Waals surface area contributed by atoms with Crippen LogP contribution in [0.1, 0.15) is 18.1 Å². The molecule has 0 aromatic heterocycles. The third-order valence-electron chi connectivity index (χ3n) is 3.26. The van der Waals surface area contributed by atoms with E-state index in [1.807, 2.05) is 42.5 Å². The molecule has 128 valence electrons. The SMILES string of the molecule is C/C(=N/NC(=O)CNC(=O)/C=C/c1ccccc1)c1ccc(Cl)cc1. The van der Waals surface area contributed by atoms with Crippen LogP contribution in [0.2, 0.25) is 5.02 Å². The number of carbonyl (C=O) groups is 2. The first-order valence-corrected chi connectivity index (χ1v) is 8.02. The highest BCUT2D eigenvalue weighted by molar-refractivity contribution is 6.30. The quantitative estimate of drug-likeness (QED) is 0.475. The van der Waals surface area contributed by atoms with Gasteiger partial charge < -0.3 is 5.32 Å². The zero-order chi connectivity index (χ0) is 18.1. The monoisotopic (exact) mass is 355 g/mol. The Bertz CT molecular complexity index is 784. The molecule has 0 saturated carbocycles. The maximum absolute atomic E-state index is 11.7. The predicted octanol–water partition coefficient (Wildman–Crippen LogP) is 3.01. The number of amides is 2. The second kappa shape index (κ2) is 9.39. The molecule has 2 rings (SSSR count). The second-order valence-electron chi connectivity index (χ2n) is 5.20. The van der Waals surface area contributed by atoms with E-state index in [0.29, 0.717) is 10.7 Å². The molecular formula is C19H18ClN3O2. The summed E-state index contributed by atoms with van der Waals surface area (Å²) in [7, 11) is 0. The van der Waals surface area contributed by atoms with E-state index >= 15 is 0 Å². The van der Waals surface area contributed by atoms with E-state index in [-0.39, 0.29) is 12.5 Å². The lowest BCUT2D eigenvalue weighted by Crippen LogP contribution is -2.34.